The summed E-state index contributed by atoms with van der Waals surface area (Å²) >= 11 is 0. The van der Waals surface area contributed by atoms with Crippen molar-refractivity contribution in [3.05, 3.63) is 0 Å². The molecule has 1 aliphatic rings. The highest BCUT2D eigenvalue weighted by Gasteiger charge is 2.33. The maximum Gasteiger partial charge on any atom is 0.305 e. The van der Waals surface area contributed by atoms with Crippen LogP contribution in [0.4, 0.5) is 0 Å². The molecular weight excluding hydrogens is 230 g/mol. The van der Waals surface area contributed by atoms with Crippen molar-refractivity contribution in [3.63, 3.8) is 0 Å². The first-order chi connectivity index (χ1) is 8.24. The van der Waals surface area contributed by atoms with E-state index < -0.39 is 0 Å². The second-order valence-corrected chi connectivity index (χ2v) is 3.90. The van der Waals surface area contributed by atoms with Crippen LogP contribution in [0.1, 0.15) is 13.3 Å². The minimum atomic E-state index is -0.245. The molecule has 1 aromatic rings. The van der Waals surface area contributed by atoms with Gasteiger partial charge in [0.2, 0.25) is 0 Å². The summed E-state index contributed by atoms with van der Waals surface area (Å²) in [5, 5.41) is 11.9. The van der Waals surface area contributed by atoms with Gasteiger partial charge >= 0.3 is 5.97 Å². The van der Waals surface area contributed by atoms with Crippen LogP contribution in [0.3, 0.4) is 0 Å². The first kappa shape index (κ1) is 11.9. The van der Waals surface area contributed by atoms with Gasteiger partial charge in [-0.3, -0.25) is 9.80 Å². The van der Waals surface area contributed by atoms with Crippen LogP contribution in [0.15, 0.2) is 4.63 Å². The Morgan fingerprint density at radius 2 is 2.24 bits per heavy atom. The summed E-state index contributed by atoms with van der Waals surface area (Å²) in [5.41, 5.74) is 0. The summed E-state index contributed by atoms with van der Waals surface area (Å²) < 4.78 is 9.82. The van der Waals surface area contributed by atoms with E-state index >= 15 is 0 Å². The molecule has 1 saturated heterocycles. The van der Waals surface area contributed by atoms with Gasteiger partial charge in [0.15, 0.2) is 6.61 Å². The van der Waals surface area contributed by atoms with Crippen LogP contribution in [0.25, 0.3) is 0 Å². The Morgan fingerprint density at radius 1 is 1.47 bits per heavy atom. The van der Waals surface area contributed by atoms with Crippen LogP contribution in [0.5, 0.6) is 0 Å². The molecule has 2 rings (SSSR count). The van der Waals surface area contributed by atoms with E-state index in [-0.39, 0.29) is 25.8 Å². The molecule has 0 saturated carbocycles. The second kappa shape index (κ2) is 5.17. The quantitative estimate of drug-likeness (QED) is 0.482. The highest BCUT2D eigenvalue weighted by atomic mass is 17.0. The number of nitrogens with zero attached hydrogens (tertiary/aromatic N) is 3. The number of aliphatic hydroxyl groups excluding tert-OH is 1. The van der Waals surface area contributed by atoms with Gasteiger partial charge in [-0.1, -0.05) is 6.92 Å². The van der Waals surface area contributed by atoms with Gasteiger partial charge in [-0.2, -0.15) is 4.63 Å². The number of ether oxygens (including phenoxy) is 1. The topological polar surface area (TPSA) is 82.0 Å². The van der Waals surface area contributed by atoms with Crippen molar-refractivity contribution in [2.75, 3.05) is 37.9 Å². The average molecular weight is 247 g/mol. The zero-order valence-corrected chi connectivity index (χ0v) is 9.74. The Hall–Kier alpha value is -1.57. The lowest BCUT2D eigenvalue weighted by molar-refractivity contribution is -0.145. The summed E-state index contributed by atoms with van der Waals surface area (Å²) in [6.07, 6.45) is 0.364. The highest BCUT2D eigenvalue weighted by Crippen LogP contribution is 2.14. The fourth-order valence-electron chi connectivity index (χ4n) is 1.44. The van der Waals surface area contributed by atoms with Gasteiger partial charge in [-0.15, -0.1) is 0 Å². The highest BCUT2D eigenvalue weighted by molar-refractivity contribution is 5.68. The minimum absolute atomic E-state index is 0.193. The molecule has 0 aliphatic carbocycles. The Morgan fingerprint density at radius 3 is 2.88 bits per heavy atom. The van der Waals surface area contributed by atoms with Crippen LogP contribution < -0.4 is 9.85 Å². The number of carbonyl (C=O) groups is 1. The number of esters is 1. The van der Waals surface area contributed by atoms with Crippen LogP contribution in [0.2, 0.25) is 0 Å². The summed E-state index contributed by atoms with van der Waals surface area (Å²) in [7, 11) is 0. The lowest BCUT2D eigenvalue weighted by Crippen LogP contribution is -2.53. The third kappa shape index (κ3) is 2.96. The number of rotatable bonds is 7. The molecule has 0 aromatic carbocycles. The monoisotopic (exact) mass is 247 g/mol. The molecule has 1 aromatic heterocycles. The number of carbonyl (C=O) groups excluding carboxylic acids is 1. The molecule has 0 atom stereocenters. The average Bonchev–Trinajstić information content (AvgIpc) is 3.02. The molecule has 1 aliphatic heterocycles. The van der Waals surface area contributed by atoms with Crippen molar-refractivity contribution in [3.8, 4) is 0 Å². The van der Waals surface area contributed by atoms with Gasteiger partial charge in [0, 0.05) is 37.0 Å². The Kier molecular flexibility index (Phi) is 3.62. The Labute approximate surface area is 98.1 Å². The summed E-state index contributed by atoms with van der Waals surface area (Å²) in [5.74, 6) is 0.0669. The molecule has 1 fully saturated rings. The standard InChI is InChI=1S/C9H17N3O5/c1-2-9(14)15-3-4-16-12-11(17-12)10-5-8(6-10)7-13/h8,13H,2-7H2,1H3. The van der Waals surface area contributed by atoms with E-state index in [9.17, 15) is 4.79 Å². The molecule has 1 N–H and O–H groups in total. The smallest absolute Gasteiger partial charge is 0.305 e. The molecular formula is C9H17N3O5. The van der Waals surface area contributed by atoms with Crippen LogP contribution in [-0.2, 0) is 9.53 Å². The van der Waals surface area contributed by atoms with Crippen molar-refractivity contribution in [1.29, 1.82) is 0 Å². The number of hydrogen-bond donors (Lipinski definition) is 1. The van der Waals surface area contributed by atoms with E-state index in [1.807, 2.05) is 5.01 Å². The van der Waals surface area contributed by atoms with E-state index in [2.05, 4.69) is 0 Å². The zero-order chi connectivity index (χ0) is 12.3. The fraction of sp³-hybridized carbons (Fsp3) is 0.889. The maximum absolute atomic E-state index is 10.8. The van der Waals surface area contributed by atoms with E-state index in [0.717, 1.165) is 13.1 Å². The molecule has 98 valence electrons. The minimum Gasteiger partial charge on any atom is -0.462 e. The van der Waals surface area contributed by atoms with Crippen molar-refractivity contribution < 1.29 is 24.1 Å². The molecule has 8 heteroatoms. The predicted molar refractivity (Wildman–Crippen MR) is 55.9 cm³/mol. The third-order valence-electron chi connectivity index (χ3n) is 2.53. The summed E-state index contributed by atoms with van der Waals surface area (Å²) in [6, 6.07) is 0. The van der Waals surface area contributed by atoms with E-state index in [1.54, 1.807) is 6.92 Å². The van der Waals surface area contributed by atoms with Crippen molar-refractivity contribution in [1.82, 2.24) is 9.98 Å². The molecule has 0 amide bonds. The van der Waals surface area contributed by atoms with E-state index in [4.69, 9.17) is 19.3 Å². The molecule has 0 radical (unpaired) electrons. The molecule has 17 heavy (non-hydrogen) atoms. The van der Waals surface area contributed by atoms with Crippen LogP contribution in [-0.4, -0.2) is 54.0 Å². The van der Waals surface area contributed by atoms with Gasteiger partial charge in [-0.25, -0.2) is 0 Å². The Balaban J connectivity index is 1.55. The first-order valence-electron chi connectivity index (χ1n) is 5.67. The molecule has 0 spiro atoms. The van der Waals surface area contributed by atoms with Crippen LogP contribution in [0, 0.1) is 5.92 Å². The molecule has 8 nitrogen and oxygen atoms in total. The fourth-order valence-corrected chi connectivity index (χ4v) is 1.44. The number of aromatic nitrogens is 2. The summed E-state index contributed by atoms with van der Waals surface area (Å²) in [6.45, 7) is 3.89. The van der Waals surface area contributed by atoms with Crippen LogP contribution >= 0.6 is 0 Å². The van der Waals surface area contributed by atoms with Crippen molar-refractivity contribution in [2.24, 2.45) is 5.92 Å². The van der Waals surface area contributed by atoms with Gasteiger partial charge < -0.3 is 14.7 Å². The van der Waals surface area contributed by atoms with Crippen molar-refractivity contribution in [2.45, 2.75) is 13.3 Å². The molecule has 2 heterocycles. The van der Waals surface area contributed by atoms with Gasteiger partial charge in [0.25, 0.3) is 0 Å². The molecule has 0 bridgehead atoms. The third-order valence-corrected chi connectivity index (χ3v) is 2.53. The lowest BCUT2D eigenvalue weighted by atomic mass is 10.0. The summed E-state index contributed by atoms with van der Waals surface area (Å²) in [4.78, 5) is 17.4. The second-order valence-electron chi connectivity index (χ2n) is 3.90. The van der Waals surface area contributed by atoms with Crippen molar-refractivity contribution >= 4 is 5.97 Å². The Bertz CT molecular complexity index is 349. The normalized spacial score (nSPS) is 16.0. The lowest BCUT2D eigenvalue weighted by Gasteiger charge is -2.34. The zero-order valence-electron chi connectivity index (χ0n) is 9.74. The molecule has 0 unspecified atom stereocenters. The maximum atomic E-state index is 10.8. The van der Waals surface area contributed by atoms with Gasteiger partial charge in [0.1, 0.15) is 11.6 Å². The van der Waals surface area contributed by atoms with E-state index in [0.29, 0.717) is 12.3 Å². The number of hydrogen-bond acceptors (Lipinski definition) is 6. The number of aliphatic hydroxyl groups is 1. The SMILES string of the molecule is CCC(=O)OCCOn1on1N1CC(CO)C1. The predicted octanol–water partition coefficient (Wildman–Crippen LogP) is -1.18. The van der Waals surface area contributed by atoms with Gasteiger partial charge in [0.05, 0.1) is 0 Å². The largest absolute Gasteiger partial charge is 0.462 e. The first-order valence-corrected chi connectivity index (χ1v) is 5.67. The van der Waals surface area contributed by atoms with Gasteiger partial charge in [-0.05, 0) is 0 Å². The van der Waals surface area contributed by atoms with E-state index in [1.165, 1.54) is 9.98 Å².